The van der Waals surface area contributed by atoms with Gasteiger partial charge in [0.05, 0.1) is 42.7 Å². The maximum absolute atomic E-state index is 14.4. The molecule has 3 saturated heterocycles. The van der Waals surface area contributed by atoms with Gasteiger partial charge in [0.25, 0.3) is 0 Å². The lowest BCUT2D eigenvalue weighted by atomic mass is 9.70. The van der Waals surface area contributed by atoms with Gasteiger partial charge in [-0.2, -0.15) is 0 Å². The first kappa shape index (κ1) is 27.0. The molecule has 2 aromatic rings. The van der Waals surface area contributed by atoms with E-state index < -0.39 is 41.6 Å². The molecule has 1 spiro atoms. The lowest BCUT2D eigenvalue weighted by Gasteiger charge is -2.38. The molecular weight excluding hydrogens is 502 g/mol. The second-order valence-electron chi connectivity index (χ2n) is 10.5. The number of unbranched alkanes of at least 4 members (excludes halogenated alkanes) is 1. The number of rotatable bonds is 12. The van der Waals surface area contributed by atoms with E-state index in [2.05, 4.69) is 23.5 Å². The standard InChI is InChI=1S/C28H35N5O6/c1-4-6-9-15-38-27(37)22-21-12-13-28(39-21)23(22)25(35)33(18(3)16-34)24(28)26(36)31(14-5-2)17-32-20-11-8-7-10-19(20)29-30-32/h4-5,7-8,10-11,18,21-24,34H,1-2,6,9,12-17H2,3H3/t18-,21+,22-,23+,24?,28?/m1/s1. The van der Waals surface area contributed by atoms with Crippen molar-refractivity contribution in [3.8, 4) is 0 Å². The van der Waals surface area contributed by atoms with Crippen LogP contribution in [0.15, 0.2) is 49.6 Å². The van der Waals surface area contributed by atoms with Gasteiger partial charge in [0, 0.05) is 6.54 Å². The van der Waals surface area contributed by atoms with Crippen LogP contribution in [0.2, 0.25) is 0 Å². The predicted molar refractivity (Wildman–Crippen MR) is 141 cm³/mol. The number of aromatic nitrogens is 3. The summed E-state index contributed by atoms with van der Waals surface area (Å²) in [6, 6.07) is 5.76. The van der Waals surface area contributed by atoms with Gasteiger partial charge in [-0.25, -0.2) is 4.68 Å². The van der Waals surface area contributed by atoms with Crippen LogP contribution in [0, 0.1) is 11.8 Å². The number of aliphatic hydroxyl groups excluding tert-OH is 1. The van der Waals surface area contributed by atoms with E-state index in [0.29, 0.717) is 31.2 Å². The lowest BCUT2D eigenvalue weighted by Crippen LogP contribution is -2.58. The molecule has 6 atom stereocenters. The number of nitrogens with zero attached hydrogens (tertiary/aromatic N) is 5. The highest BCUT2D eigenvalue weighted by Gasteiger charge is 2.75. The summed E-state index contributed by atoms with van der Waals surface area (Å²) < 4.78 is 13.6. The van der Waals surface area contributed by atoms with Gasteiger partial charge in [0.2, 0.25) is 11.8 Å². The number of esters is 1. The number of aliphatic hydroxyl groups is 1. The molecule has 208 valence electrons. The second-order valence-corrected chi connectivity index (χ2v) is 10.5. The average molecular weight is 538 g/mol. The Balaban J connectivity index is 1.47. The molecule has 1 aromatic heterocycles. The van der Waals surface area contributed by atoms with Crippen LogP contribution in [0.25, 0.3) is 11.0 Å². The van der Waals surface area contributed by atoms with Crippen LogP contribution in [0.4, 0.5) is 0 Å². The first-order chi connectivity index (χ1) is 18.9. The number of hydrogen-bond donors (Lipinski definition) is 1. The fourth-order valence-electron chi connectivity index (χ4n) is 6.43. The van der Waals surface area contributed by atoms with Crippen molar-refractivity contribution in [2.75, 3.05) is 19.8 Å². The van der Waals surface area contributed by atoms with Gasteiger partial charge in [0.15, 0.2) is 0 Å². The molecule has 11 nitrogen and oxygen atoms in total. The maximum Gasteiger partial charge on any atom is 0.312 e. The number of carbonyl (C=O) groups is 3. The molecule has 1 aromatic carbocycles. The van der Waals surface area contributed by atoms with Gasteiger partial charge in [-0.15, -0.1) is 18.3 Å². The fourth-order valence-corrected chi connectivity index (χ4v) is 6.43. The minimum Gasteiger partial charge on any atom is -0.465 e. The molecule has 2 bridgehead atoms. The highest BCUT2D eigenvalue weighted by molar-refractivity contribution is 5.98. The Hall–Kier alpha value is -3.57. The summed E-state index contributed by atoms with van der Waals surface area (Å²) in [7, 11) is 0. The van der Waals surface area contributed by atoms with Crippen LogP contribution in [-0.2, 0) is 30.5 Å². The molecule has 39 heavy (non-hydrogen) atoms. The number of benzene rings is 1. The number of para-hydroxylation sites is 1. The Morgan fingerprint density at radius 1 is 1.33 bits per heavy atom. The average Bonchev–Trinajstić information content (AvgIpc) is 3.69. The molecule has 2 unspecified atom stereocenters. The second kappa shape index (κ2) is 10.9. The van der Waals surface area contributed by atoms with E-state index in [1.807, 2.05) is 24.3 Å². The zero-order valence-electron chi connectivity index (χ0n) is 22.1. The first-order valence-corrected chi connectivity index (χ1v) is 13.4. The molecule has 3 aliphatic heterocycles. The predicted octanol–water partition coefficient (Wildman–Crippen LogP) is 1.67. The summed E-state index contributed by atoms with van der Waals surface area (Å²) >= 11 is 0. The Morgan fingerprint density at radius 3 is 2.87 bits per heavy atom. The number of amides is 2. The molecule has 0 aliphatic carbocycles. The summed E-state index contributed by atoms with van der Waals surface area (Å²) in [6.07, 6.45) is 5.21. The van der Waals surface area contributed by atoms with Crippen LogP contribution in [0.5, 0.6) is 0 Å². The molecule has 4 heterocycles. The number of hydrogen-bond acceptors (Lipinski definition) is 8. The van der Waals surface area contributed by atoms with Crippen molar-refractivity contribution in [1.82, 2.24) is 24.8 Å². The zero-order chi connectivity index (χ0) is 27.7. The molecule has 2 amide bonds. The van der Waals surface area contributed by atoms with Crippen molar-refractivity contribution in [2.24, 2.45) is 11.8 Å². The monoisotopic (exact) mass is 537 g/mol. The van der Waals surface area contributed by atoms with Crippen LogP contribution in [0.3, 0.4) is 0 Å². The minimum absolute atomic E-state index is 0.0797. The van der Waals surface area contributed by atoms with Gasteiger partial charge >= 0.3 is 5.97 Å². The fraction of sp³-hybridized carbons (Fsp3) is 0.536. The van der Waals surface area contributed by atoms with E-state index in [1.165, 1.54) is 4.90 Å². The van der Waals surface area contributed by atoms with Crippen molar-refractivity contribution >= 4 is 28.8 Å². The molecule has 5 rings (SSSR count). The van der Waals surface area contributed by atoms with Gasteiger partial charge < -0.3 is 24.4 Å². The van der Waals surface area contributed by atoms with Crippen molar-refractivity contribution in [3.05, 3.63) is 49.6 Å². The highest BCUT2D eigenvalue weighted by Crippen LogP contribution is 2.59. The first-order valence-electron chi connectivity index (χ1n) is 13.4. The van der Waals surface area contributed by atoms with Crippen molar-refractivity contribution in [1.29, 1.82) is 0 Å². The minimum atomic E-state index is -1.18. The Bertz CT molecular complexity index is 1280. The number of carbonyl (C=O) groups excluding carboxylic acids is 3. The molecule has 3 aliphatic rings. The molecule has 11 heteroatoms. The largest absolute Gasteiger partial charge is 0.465 e. The summed E-state index contributed by atoms with van der Waals surface area (Å²) in [6.45, 7) is 9.34. The maximum atomic E-state index is 14.4. The SMILES string of the molecule is C=CCCCOC(=O)[C@@H]1[C@@H]2CCC3(O2)C(C(=O)N(CC=C)Cn2nnc4ccccc42)N([C@H](C)CO)C(=O)[C@H]13. The van der Waals surface area contributed by atoms with E-state index in [4.69, 9.17) is 9.47 Å². The topological polar surface area (TPSA) is 127 Å². The third-order valence-corrected chi connectivity index (χ3v) is 8.17. The quantitative estimate of drug-likeness (QED) is 0.246. The third-order valence-electron chi connectivity index (χ3n) is 8.17. The van der Waals surface area contributed by atoms with Gasteiger partial charge in [0.1, 0.15) is 23.8 Å². The van der Waals surface area contributed by atoms with E-state index in [9.17, 15) is 19.5 Å². The third kappa shape index (κ3) is 4.43. The van der Waals surface area contributed by atoms with Gasteiger partial charge in [-0.3, -0.25) is 14.4 Å². The van der Waals surface area contributed by atoms with Gasteiger partial charge in [-0.05, 0) is 44.7 Å². The van der Waals surface area contributed by atoms with Crippen LogP contribution in [-0.4, -0.2) is 91.2 Å². The molecule has 1 N–H and O–H groups in total. The molecule has 0 saturated carbocycles. The smallest absolute Gasteiger partial charge is 0.312 e. The Morgan fingerprint density at radius 2 is 2.13 bits per heavy atom. The van der Waals surface area contributed by atoms with Crippen molar-refractivity contribution in [3.63, 3.8) is 0 Å². The van der Waals surface area contributed by atoms with Crippen LogP contribution in [0.1, 0.15) is 32.6 Å². The molecule has 3 fully saturated rings. The van der Waals surface area contributed by atoms with Gasteiger partial charge in [-0.1, -0.05) is 29.5 Å². The van der Waals surface area contributed by atoms with E-state index in [-0.39, 0.29) is 38.2 Å². The van der Waals surface area contributed by atoms with Crippen LogP contribution >= 0.6 is 0 Å². The Labute approximate surface area is 227 Å². The number of likely N-dealkylation sites (tertiary alicyclic amines) is 1. The van der Waals surface area contributed by atoms with E-state index >= 15 is 0 Å². The summed E-state index contributed by atoms with van der Waals surface area (Å²) in [5, 5.41) is 18.5. The van der Waals surface area contributed by atoms with Crippen molar-refractivity contribution in [2.45, 2.75) is 63.1 Å². The summed E-state index contributed by atoms with van der Waals surface area (Å²) in [5.74, 6) is -2.86. The lowest BCUT2D eigenvalue weighted by molar-refractivity contribution is -0.156. The normalized spacial score (nSPS) is 27.9. The number of fused-ring (bicyclic) bond motifs is 2. The Kier molecular flexibility index (Phi) is 7.55. The molecular formula is C28H35N5O6. The summed E-state index contributed by atoms with van der Waals surface area (Å²) in [5.41, 5.74) is 0.272. The molecule has 0 radical (unpaired) electrons. The highest BCUT2D eigenvalue weighted by atomic mass is 16.6. The van der Waals surface area contributed by atoms with Crippen LogP contribution < -0.4 is 0 Å². The van der Waals surface area contributed by atoms with Crippen molar-refractivity contribution < 1.29 is 29.0 Å². The van der Waals surface area contributed by atoms with E-state index in [1.54, 1.807) is 28.7 Å². The zero-order valence-corrected chi connectivity index (χ0v) is 22.1. The van der Waals surface area contributed by atoms with E-state index in [0.717, 1.165) is 5.52 Å². The number of ether oxygens (including phenoxy) is 2. The number of allylic oxidation sites excluding steroid dienone is 1. The summed E-state index contributed by atoms with van der Waals surface area (Å²) in [4.78, 5) is 44.5.